The van der Waals surface area contributed by atoms with Crippen LogP contribution in [-0.2, 0) is 12.2 Å². The highest BCUT2D eigenvalue weighted by molar-refractivity contribution is 7.98. The number of hydrogen-bond acceptors (Lipinski definition) is 4. The number of thiazole rings is 1. The molecule has 2 aromatic rings. The molecule has 0 amide bonds. The molecule has 1 atom stereocenters. The normalized spacial score (nSPS) is 20.3. The number of aliphatic hydroxyl groups excluding tert-OH is 1. The van der Waals surface area contributed by atoms with Gasteiger partial charge in [0, 0.05) is 4.90 Å². The van der Waals surface area contributed by atoms with Gasteiger partial charge in [0.2, 0.25) is 0 Å². The summed E-state index contributed by atoms with van der Waals surface area (Å²) in [6, 6.07) is 6.51. The third-order valence-electron chi connectivity index (χ3n) is 3.64. The summed E-state index contributed by atoms with van der Waals surface area (Å²) >= 11 is 3.26. The van der Waals surface area contributed by atoms with E-state index in [1.807, 2.05) is 0 Å². The SMILES string of the molecule is CC1(C)Cc2nc(CSc3ccc(F)cc3)sc2C(O)C1. The monoisotopic (exact) mass is 323 g/mol. The quantitative estimate of drug-likeness (QED) is 0.839. The molecule has 5 heteroatoms. The minimum atomic E-state index is -0.383. The molecule has 1 aromatic carbocycles. The lowest BCUT2D eigenvalue weighted by atomic mass is 9.77. The minimum absolute atomic E-state index is 0.113. The first-order valence-corrected chi connectivity index (χ1v) is 8.78. The first-order valence-electron chi connectivity index (χ1n) is 6.98. The average Bonchev–Trinajstić information content (AvgIpc) is 2.80. The van der Waals surface area contributed by atoms with E-state index in [9.17, 15) is 9.50 Å². The Morgan fingerprint density at radius 2 is 2.10 bits per heavy atom. The van der Waals surface area contributed by atoms with E-state index in [-0.39, 0.29) is 17.3 Å². The second-order valence-electron chi connectivity index (χ2n) is 6.22. The van der Waals surface area contributed by atoms with Crippen LogP contribution in [0.5, 0.6) is 0 Å². The molecule has 112 valence electrons. The highest BCUT2D eigenvalue weighted by Crippen LogP contribution is 2.43. The van der Waals surface area contributed by atoms with Gasteiger partial charge < -0.3 is 5.11 Å². The molecule has 1 aliphatic rings. The van der Waals surface area contributed by atoms with Crippen LogP contribution in [0.2, 0.25) is 0 Å². The summed E-state index contributed by atoms with van der Waals surface area (Å²) in [4.78, 5) is 6.76. The van der Waals surface area contributed by atoms with Gasteiger partial charge in [0.1, 0.15) is 10.8 Å². The predicted molar refractivity (Wildman–Crippen MR) is 85.1 cm³/mol. The van der Waals surface area contributed by atoms with Crippen LogP contribution in [0.4, 0.5) is 4.39 Å². The van der Waals surface area contributed by atoms with Crippen molar-refractivity contribution in [3.8, 4) is 0 Å². The number of halogens is 1. The number of fused-ring (bicyclic) bond motifs is 1. The van der Waals surface area contributed by atoms with Crippen LogP contribution in [0.15, 0.2) is 29.2 Å². The smallest absolute Gasteiger partial charge is 0.123 e. The van der Waals surface area contributed by atoms with Gasteiger partial charge in [-0.05, 0) is 42.5 Å². The van der Waals surface area contributed by atoms with Crippen molar-refractivity contribution in [3.63, 3.8) is 0 Å². The van der Waals surface area contributed by atoms with Crippen molar-refractivity contribution in [2.24, 2.45) is 5.41 Å². The number of nitrogens with zero attached hydrogens (tertiary/aromatic N) is 1. The van der Waals surface area contributed by atoms with Crippen molar-refractivity contribution in [2.75, 3.05) is 0 Å². The molecule has 0 radical (unpaired) electrons. The summed E-state index contributed by atoms with van der Waals surface area (Å²) in [6.45, 7) is 4.34. The molecule has 1 aromatic heterocycles. The average molecular weight is 323 g/mol. The van der Waals surface area contributed by atoms with Gasteiger partial charge in [-0.3, -0.25) is 0 Å². The number of thioether (sulfide) groups is 1. The number of rotatable bonds is 3. The Balaban J connectivity index is 1.72. The highest BCUT2D eigenvalue weighted by Gasteiger charge is 2.33. The van der Waals surface area contributed by atoms with Crippen molar-refractivity contribution < 1.29 is 9.50 Å². The van der Waals surface area contributed by atoms with Crippen LogP contribution in [0.1, 0.15) is 42.0 Å². The Hall–Kier alpha value is -0.910. The summed E-state index contributed by atoms with van der Waals surface area (Å²) in [5.41, 5.74) is 1.17. The van der Waals surface area contributed by atoms with Gasteiger partial charge in [-0.25, -0.2) is 9.37 Å². The fourth-order valence-corrected chi connectivity index (χ4v) is 4.64. The summed E-state index contributed by atoms with van der Waals surface area (Å²) in [7, 11) is 0. The lowest BCUT2D eigenvalue weighted by Crippen LogP contribution is -2.24. The van der Waals surface area contributed by atoms with Gasteiger partial charge in [0.25, 0.3) is 0 Å². The van der Waals surface area contributed by atoms with Gasteiger partial charge in [-0.2, -0.15) is 0 Å². The molecule has 21 heavy (non-hydrogen) atoms. The Morgan fingerprint density at radius 1 is 1.38 bits per heavy atom. The molecule has 1 aliphatic carbocycles. The van der Waals surface area contributed by atoms with Crippen LogP contribution in [0, 0.1) is 11.2 Å². The van der Waals surface area contributed by atoms with Crippen molar-refractivity contribution in [1.29, 1.82) is 0 Å². The second-order valence-corrected chi connectivity index (χ2v) is 8.39. The molecule has 2 nitrogen and oxygen atoms in total. The topological polar surface area (TPSA) is 33.1 Å². The molecule has 0 fully saturated rings. The Labute approximate surface area is 132 Å². The first-order chi connectivity index (χ1) is 9.93. The lowest BCUT2D eigenvalue weighted by molar-refractivity contribution is 0.102. The summed E-state index contributed by atoms with van der Waals surface area (Å²) in [5, 5.41) is 11.3. The van der Waals surface area contributed by atoms with Gasteiger partial charge >= 0.3 is 0 Å². The van der Waals surface area contributed by atoms with Crippen LogP contribution in [0.3, 0.4) is 0 Å². The van der Waals surface area contributed by atoms with Gasteiger partial charge in [0.05, 0.1) is 22.4 Å². The molecule has 0 bridgehead atoms. The highest BCUT2D eigenvalue weighted by atomic mass is 32.2. The van der Waals surface area contributed by atoms with Crippen LogP contribution < -0.4 is 0 Å². The van der Waals surface area contributed by atoms with E-state index < -0.39 is 0 Å². The number of benzene rings is 1. The van der Waals surface area contributed by atoms with E-state index in [2.05, 4.69) is 13.8 Å². The first kappa shape index (κ1) is 15.0. The maximum absolute atomic E-state index is 12.9. The third-order valence-corrected chi connectivity index (χ3v) is 6.05. The Kier molecular flexibility index (Phi) is 4.08. The maximum atomic E-state index is 12.9. The summed E-state index contributed by atoms with van der Waals surface area (Å²) in [6.07, 6.45) is 1.34. The van der Waals surface area contributed by atoms with E-state index in [4.69, 9.17) is 4.98 Å². The van der Waals surface area contributed by atoms with Crippen molar-refractivity contribution in [2.45, 2.75) is 43.4 Å². The predicted octanol–water partition coefficient (Wildman–Crippen LogP) is 4.58. The molecule has 0 saturated heterocycles. The molecule has 0 saturated carbocycles. The fraction of sp³-hybridized carbons (Fsp3) is 0.438. The zero-order valence-corrected chi connectivity index (χ0v) is 13.7. The van der Waals surface area contributed by atoms with E-state index in [1.54, 1.807) is 35.2 Å². The van der Waals surface area contributed by atoms with Crippen LogP contribution in [-0.4, -0.2) is 10.1 Å². The summed E-state index contributed by atoms with van der Waals surface area (Å²) in [5.74, 6) is 0.547. The largest absolute Gasteiger partial charge is 0.387 e. The zero-order chi connectivity index (χ0) is 15.0. The maximum Gasteiger partial charge on any atom is 0.123 e. The fourth-order valence-electron chi connectivity index (χ4n) is 2.68. The number of hydrogen-bond donors (Lipinski definition) is 1. The van der Waals surface area contributed by atoms with E-state index in [0.29, 0.717) is 0 Å². The van der Waals surface area contributed by atoms with Crippen LogP contribution in [0.25, 0.3) is 0 Å². The lowest BCUT2D eigenvalue weighted by Gasteiger charge is -2.31. The molecule has 0 spiro atoms. The van der Waals surface area contributed by atoms with E-state index >= 15 is 0 Å². The van der Waals surface area contributed by atoms with E-state index in [0.717, 1.165) is 39.1 Å². The zero-order valence-electron chi connectivity index (χ0n) is 12.1. The summed E-state index contributed by atoms with van der Waals surface area (Å²) < 4.78 is 12.9. The standard InChI is InChI=1S/C16H18FNOS2/c1-16(2)7-12-15(13(19)8-16)21-14(18-12)9-20-11-5-3-10(17)4-6-11/h3-6,13,19H,7-9H2,1-2H3. The molecule has 1 N–H and O–H groups in total. The number of aliphatic hydroxyl groups is 1. The Morgan fingerprint density at radius 3 is 2.81 bits per heavy atom. The molecular formula is C16H18FNOS2. The molecule has 3 rings (SSSR count). The second kappa shape index (κ2) is 5.71. The van der Waals surface area contributed by atoms with Crippen molar-refractivity contribution in [1.82, 2.24) is 4.98 Å². The van der Waals surface area contributed by atoms with Gasteiger partial charge in [-0.1, -0.05) is 13.8 Å². The van der Waals surface area contributed by atoms with E-state index in [1.165, 1.54) is 12.1 Å². The minimum Gasteiger partial charge on any atom is -0.387 e. The van der Waals surface area contributed by atoms with Crippen molar-refractivity contribution >= 4 is 23.1 Å². The molecule has 1 unspecified atom stereocenters. The Bertz CT molecular complexity index is 636. The van der Waals surface area contributed by atoms with Gasteiger partial charge in [0.15, 0.2) is 0 Å². The van der Waals surface area contributed by atoms with Crippen molar-refractivity contribution in [3.05, 3.63) is 45.7 Å². The van der Waals surface area contributed by atoms with Crippen LogP contribution >= 0.6 is 23.1 Å². The molecule has 1 heterocycles. The van der Waals surface area contributed by atoms with Gasteiger partial charge in [-0.15, -0.1) is 23.1 Å². The molecule has 0 aliphatic heterocycles. The molecular weight excluding hydrogens is 305 g/mol. The number of aromatic nitrogens is 1. The third kappa shape index (κ3) is 3.47.